The minimum atomic E-state index is -0.333. The molecular formula is C8H18O2. The summed E-state index contributed by atoms with van der Waals surface area (Å²) >= 11 is 0. The molecule has 0 saturated carbocycles. The molecule has 1 N–H and O–H groups in total. The minimum Gasteiger partial charge on any atom is -0.391 e. The van der Waals surface area contributed by atoms with E-state index >= 15 is 0 Å². The number of aliphatic hydroxyl groups excluding tert-OH is 1. The molecule has 0 heterocycles. The van der Waals surface area contributed by atoms with Gasteiger partial charge in [-0.25, -0.2) is 0 Å². The Bertz CT molecular complexity index is 65.7. The summed E-state index contributed by atoms with van der Waals surface area (Å²) in [6, 6.07) is 0. The Labute approximate surface area is 63.2 Å². The van der Waals surface area contributed by atoms with Gasteiger partial charge in [-0.1, -0.05) is 13.3 Å². The highest BCUT2D eigenvalue weighted by Gasteiger charge is 2.12. The van der Waals surface area contributed by atoms with Gasteiger partial charge in [0, 0.05) is 6.61 Å². The summed E-state index contributed by atoms with van der Waals surface area (Å²) in [6.45, 7) is 6.50. The minimum absolute atomic E-state index is 0.0370. The van der Waals surface area contributed by atoms with Crippen LogP contribution in [0.25, 0.3) is 0 Å². The van der Waals surface area contributed by atoms with E-state index in [0.717, 1.165) is 12.8 Å². The monoisotopic (exact) mass is 146 g/mol. The summed E-state index contributed by atoms with van der Waals surface area (Å²) in [5.74, 6) is 0. The van der Waals surface area contributed by atoms with E-state index in [-0.39, 0.29) is 12.2 Å². The zero-order valence-electron chi connectivity index (χ0n) is 7.13. The number of rotatable bonds is 5. The SMILES string of the molecule is CCCC(OCC)C(C)O. The summed E-state index contributed by atoms with van der Waals surface area (Å²) in [6.07, 6.45) is 1.72. The van der Waals surface area contributed by atoms with Crippen molar-refractivity contribution in [3.05, 3.63) is 0 Å². The van der Waals surface area contributed by atoms with Crippen LogP contribution in [0, 0.1) is 0 Å². The largest absolute Gasteiger partial charge is 0.391 e. The maximum atomic E-state index is 9.15. The van der Waals surface area contributed by atoms with Gasteiger partial charge in [0.25, 0.3) is 0 Å². The molecule has 0 amide bonds. The maximum absolute atomic E-state index is 9.15. The standard InChI is InChI=1S/C8H18O2/c1-4-6-8(7(3)9)10-5-2/h7-9H,4-6H2,1-3H3. The van der Waals surface area contributed by atoms with Crippen LogP contribution >= 0.6 is 0 Å². The lowest BCUT2D eigenvalue weighted by Crippen LogP contribution is -2.25. The molecule has 0 bridgehead atoms. The zero-order valence-corrected chi connectivity index (χ0v) is 7.13. The fraction of sp³-hybridized carbons (Fsp3) is 1.00. The molecule has 0 spiro atoms. The molecule has 0 aliphatic rings. The maximum Gasteiger partial charge on any atom is 0.0830 e. The zero-order chi connectivity index (χ0) is 7.98. The third-order valence-corrected chi connectivity index (χ3v) is 1.49. The van der Waals surface area contributed by atoms with Gasteiger partial charge >= 0.3 is 0 Å². The van der Waals surface area contributed by atoms with E-state index in [0.29, 0.717) is 6.61 Å². The molecule has 0 aliphatic heterocycles. The van der Waals surface area contributed by atoms with E-state index in [4.69, 9.17) is 9.84 Å². The van der Waals surface area contributed by atoms with Crippen LogP contribution in [0.3, 0.4) is 0 Å². The predicted molar refractivity (Wildman–Crippen MR) is 42.0 cm³/mol. The fourth-order valence-corrected chi connectivity index (χ4v) is 0.962. The van der Waals surface area contributed by atoms with Crippen LogP contribution in [0.2, 0.25) is 0 Å². The first-order valence-corrected chi connectivity index (χ1v) is 4.02. The first kappa shape index (κ1) is 9.92. The van der Waals surface area contributed by atoms with Crippen molar-refractivity contribution in [2.75, 3.05) is 6.61 Å². The van der Waals surface area contributed by atoms with Crippen LogP contribution in [-0.2, 0) is 4.74 Å². The summed E-state index contributed by atoms with van der Waals surface area (Å²) in [4.78, 5) is 0. The van der Waals surface area contributed by atoms with Crippen LogP contribution < -0.4 is 0 Å². The lowest BCUT2D eigenvalue weighted by molar-refractivity contribution is -0.0285. The molecule has 0 radical (unpaired) electrons. The van der Waals surface area contributed by atoms with Crippen molar-refractivity contribution >= 4 is 0 Å². The normalized spacial score (nSPS) is 16.8. The Morgan fingerprint density at radius 3 is 2.30 bits per heavy atom. The van der Waals surface area contributed by atoms with E-state index in [2.05, 4.69) is 6.92 Å². The molecule has 0 aromatic carbocycles. The van der Waals surface area contributed by atoms with E-state index in [1.54, 1.807) is 6.92 Å². The Balaban J connectivity index is 3.50. The molecule has 0 rings (SSSR count). The highest BCUT2D eigenvalue weighted by Crippen LogP contribution is 2.06. The van der Waals surface area contributed by atoms with E-state index in [9.17, 15) is 0 Å². The number of hydrogen-bond acceptors (Lipinski definition) is 2. The van der Waals surface area contributed by atoms with Gasteiger partial charge < -0.3 is 9.84 Å². The molecule has 0 fully saturated rings. The molecule has 0 aromatic rings. The third kappa shape index (κ3) is 3.85. The van der Waals surface area contributed by atoms with Gasteiger partial charge in [-0.15, -0.1) is 0 Å². The second kappa shape index (κ2) is 5.69. The van der Waals surface area contributed by atoms with Gasteiger partial charge in [0.2, 0.25) is 0 Å². The molecule has 2 atom stereocenters. The number of aliphatic hydroxyl groups is 1. The van der Waals surface area contributed by atoms with E-state index in [1.165, 1.54) is 0 Å². The van der Waals surface area contributed by atoms with Crippen LogP contribution in [0.1, 0.15) is 33.6 Å². The molecule has 0 saturated heterocycles. The molecule has 2 nitrogen and oxygen atoms in total. The number of ether oxygens (including phenoxy) is 1. The predicted octanol–water partition coefficient (Wildman–Crippen LogP) is 1.57. The first-order chi connectivity index (χ1) is 4.72. The average Bonchev–Trinajstić information content (AvgIpc) is 1.87. The Morgan fingerprint density at radius 2 is 2.00 bits per heavy atom. The van der Waals surface area contributed by atoms with Gasteiger partial charge in [0.15, 0.2) is 0 Å². The Morgan fingerprint density at radius 1 is 1.40 bits per heavy atom. The smallest absolute Gasteiger partial charge is 0.0830 e. The van der Waals surface area contributed by atoms with Gasteiger partial charge in [-0.05, 0) is 20.3 Å². The highest BCUT2D eigenvalue weighted by atomic mass is 16.5. The first-order valence-electron chi connectivity index (χ1n) is 4.02. The topological polar surface area (TPSA) is 29.5 Å². The van der Waals surface area contributed by atoms with Crippen molar-refractivity contribution in [3.8, 4) is 0 Å². The molecule has 10 heavy (non-hydrogen) atoms. The summed E-state index contributed by atoms with van der Waals surface area (Å²) in [7, 11) is 0. The van der Waals surface area contributed by atoms with Crippen molar-refractivity contribution in [1.82, 2.24) is 0 Å². The Hall–Kier alpha value is -0.0800. The van der Waals surface area contributed by atoms with Crippen molar-refractivity contribution in [3.63, 3.8) is 0 Å². The second-order valence-electron chi connectivity index (χ2n) is 2.52. The van der Waals surface area contributed by atoms with Crippen LogP contribution in [0.15, 0.2) is 0 Å². The van der Waals surface area contributed by atoms with E-state index in [1.807, 2.05) is 6.92 Å². The van der Waals surface area contributed by atoms with Crippen molar-refractivity contribution < 1.29 is 9.84 Å². The molecule has 2 heteroatoms. The molecule has 0 aliphatic carbocycles. The molecule has 0 aromatic heterocycles. The third-order valence-electron chi connectivity index (χ3n) is 1.49. The van der Waals surface area contributed by atoms with Crippen molar-refractivity contribution in [1.29, 1.82) is 0 Å². The van der Waals surface area contributed by atoms with Crippen molar-refractivity contribution in [2.24, 2.45) is 0 Å². The van der Waals surface area contributed by atoms with Gasteiger partial charge in [-0.2, -0.15) is 0 Å². The van der Waals surface area contributed by atoms with Gasteiger partial charge in [0.05, 0.1) is 12.2 Å². The Kier molecular flexibility index (Phi) is 5.64. The van der Waals surface area contributed by atoms with Crippen molar-refractivity contribution in [2.45, 2.75) is 45.8 Å². The lowest BCUT2D eigenvalue weighted by atomic mass is 10.1. The van der Waals surface area contributed by atoms with Gasteiger partial charge in [0.1, 0.15) is 0 Å². The molecular weight excluding hydrogens is 128 g/mol. The van der Waals surface area contributed by atoms with Gasteiger partial charge in [-0.3, -0.25) is 0 Å². The van der Waals surface area contributed by atoms with Crippen LogP contribution in [0.5, 0.6) is 0 Å². The summed E-state index contributed by atoms with van der Waals surface area (Å²) in [5, 5.41) is 9.15. The summed E-state index contributed by atoms with van der Waals surface area (Å²) < 4.78 is 5.29. The molecule has 62 valence electrons. The average molecular weight is 146 g/mol. The summed E-state index contributed by atoms with van der Waals surface area (Å²) in [5.41, 5.74) is 0. The second-order valence-corrected chi connectivity index (χ2v) is 2.52. The quantitative estimate of drug-likeness (QED) is 0.638. The number of hydrogen-bond donors (Lipinski definition) is 1. The molecule has 2 unspecified atom stereocenters. The van der Waals surface area contributed by atoms with Crippen LogP contribution in [0.4, 0.5) is 0 Å². The van der Waals surface area contributed by atoms with Crippen LogP contribution in [-0.4, -0.2) is 23.9 Å². The lowest BCUT2D eigenvalue weighted by Gasteiger charge is -2.18. The fourth-order valence-electron chi connectivity index (χ4n) is 0.962. The highest BCUT2D eigenvalue weighted by molar-refractivity contribution is 4.62. The van der Waals surface area contributed by atoms with E-state index < -0.39 is 0 Å².